The number of aryl methyl sites for hydroxylation is 1. The summed E-state index contributed by atoms with van der Waals surface area (Å²) in [5, 5.41) is 8.39. The molecular weight excluding hydrogens is 312 g/mol. The average Bonchev–Trinajstić information content (AvgIpc) is 2.68. The van der Waals surface area contributed by atoms with Crippen LogP contribution in [0.5, 0.6) is 0 Å². The molecular formula is C13H23ClN4O2S. The van der Waals surface area contributed by atoms with Gasteiger partial charge in [0.2, 0.25) is 10.0 Å². The first-order valence-corrected chi connectivity index (χ1v) is 9.70. The Morgan fingerprint density at radius 2 is 2.10 bits per heavy atom. The molecule has 0 aliphatic carbocycles. The smallest absolute Gasteiger partial charge is 0.212 e. The van der Waals surface area contributed by atoms with Gasteiger partial charge in [-0.2, -0.15) is 0 Å². The van der Waals surface area contributed by atoms with E-state index in [9.17, 15) is 8.42 Å². The standard InChI is InChI=1S/C13H23ClN4O2S/c1-11(17-21(19,20)10-6-4-8-14)13-16-15-12-7-3-2-5-9-18(12)13/h11,17H,2-10H2,1H3. The van der Waals surface area contributed by atoms with E-state index >= 15 is 0 Å². The van der Waals surface area contributed by atoms with Crippen LogP contribution in [0.3, 0.4) is 0 Å². The first kappa shape index (κ1) is 16.7. The molecule has 0 spiro atoms. The van der Waals surface area contributed by atoms with Crippen molar-refractivity contribution in [2.75, 3.05) is 11.6 Å². The summed E-state index contributed by atoms with van der Waals surface area (Å²) in [6.45, 7) is 2.69. The number of fused-ring (bicyclic) bond motifs is 1. The van der Waals surface area contributed by atoms with Crippen LogP contribution < -0.4 is 4.72 Å². The lowest BCUT2D eigenvalue weighted by Gasteiger charge is -2.15. The van der Waals surface area contributed by atoms with E-state index in [1.54, 1.807) is 0 Å². The summed E-state index contributed by atoms with van der Waals surface area (Å²) in [5.74, 6) is 2.27. The second-order valence-electron chi connectivity index (χ2n) is 5.49. The number of sulfonamides is 1. The highest BCUT2D eigenvalue weighted by Crippen LogP contribution is 2.19. The maximum atomic E-state index is 12.0. The molecule has 8 heteroatoms. The average molecular weight is 335 g/mol. The zero-order chi connectivity index (χ0) is 15.3. The molecule has 1 aliphatic heterocycles. The highest BCUT2D eigenvalue weighted by atomic mass is 35.5. The molecule has 2 heterocycles. The number of rotatable bonds is 7. The van der Waals surface area contributed by atoms with Crippen molar-refractivity contribution in [3.63, 3.8) is 0 Å². The summed E-state index contributed by atoms with van der Waals surface area (Å²) < 4.78 is 28.8. The molecule has 0 bridgehead atoms. The first-order chi connectivity index (χ1) is 10.0. The molecule has 1 atom stereocenters. The van der Waals surface area contributed by atoms with Crippen molar-refractivity contribution in [1.29, 1.82) is 0 Å². The normalized spacial score (nSPS) is 17.2. The molecule has 1 aromatic rings. The minimum absolute atomic E-state index is 0.102. The summed E-state index contributed by atoms with van der Waals surface area (Å²) in [4.78, 5) is 0. The van der Waals surface area contributed by atoms with Crippen LogP contribution in [0.2, 0.25) is 0 Å². The topological polar surface area (TPSA) is 76.9 Å². The van der Waals surface area contributed by atoms with Crippen LogP contribution in [0.25, 0.3) is 0 Å². The summed E-state index contributed by atoms with van der Waals surface area (Å²) in [6, 6.07) is -0.356. The summed E-state index contributed by atoms with van der Waals surface area (Å²) >= 11 is 5.58. The minimum atomic E-state index is -3.30. The van der Waals surface area contributed by atoms with Gasteiger partial charge in [0.05, 0.1) is 11.8 Å². The molecule has 21 heavy (non-hydrogen) atoms. The Labute approximate surface area is 131 Å². The predicted molar refractivity (Wildman–Crippen MR) is 82.9 cm³/mol. The number of alkyl halides is 1. The van der Waals surface area contributed by atoms with Crippen LogP contribution in [0, 0.1) is 0 Å². The molecule has 120 valence electrons. The van der Waals surface area contributed by atoms with Crippen LogP contribution >= 0.6 is 11.6 Å². The van der Waals surface area contributed by atoms with Crippen LogP contribution in [-0.2, 0) is 23.0 Å². The van der Waals surface area contributed by atoms with Gasteiger partial charge in [-0.15, -0.1) is 21.8 Å². The summed E-state index contributed by atoms with van der Waals surface area (Å²) in [5.41, 5.74) is 0. The second-order valence-corrected chi connectivity index (χ2v) is 7.74. The molecule has 0 radical (unpaired) electrons. The Bertz CT molecular complexity index is 559. The van der Waals surface area contributed by atoms with Gasteiger partial charge in [0.15, 0.2) is 5.82 Å². The molecule has 1 N–H and O–H groups in total. The highest BCUT2D eigenvalue weighted by Gasteiger charge is 2.22. The van der Waals surface area contributed by atoms with E-state index in [4.69, 9.17) is 11.6 Å². The molecule has 6 nitrogen and oxygen atoms in total. The van der Waals surface area contributed by atoms with E-state index in [1.165, 1.54) is 6.42 Å². The predicted octanol–water partition coefficient (Wildman–Crippen LogP) is 2.00. The van der Waals surface area contributed by atoms with Gasteiger partial charge >= 0.3 is 0 Å². The number of hydrogen-bond donors (Lipinski definition) is 1. The fourth-order valence-corrected chi connectivity index (χ4v) is 4.13. The molecule has 0 aromatic carbocycles. The van der Waals surface area contributed by atoms with Gasteiger partial charge in [0, 0.05) is 18.8 Å². The molecule has 0 saturated carbocycles. The van der Waals surface area contributed by atoms with Gasteiger partial charge in [-0.25, -0.2) is 13.1 Å². The highest BCUT2D eigenvalue weighted by molar-refractivity contribution is 7.89. The third-order valence-corrected chi connectivity index (χ3v) is 5.48. The maximum Gasteiger partial charge on any atom is 0.212 e. The Balaban J connectivity index is 2.03. The number of nitrogens with one attached hydrogen (secondary N) is 1. The Kier molecular flexibility index (Phi) is 6.01. The first-order valence-electron chi connectivity index (χ1n) is 7.51. The van der Waals surface area contributed by atoms with Gasteiger partial charge in [-0.1, -0.05) is 6.42 Å². The van der Waals surface area contributed by atoms with Crippen molar-refractivity contribution in [2.45, 2.75) is 58.0 Å². The lowest BCUT2D eigenvalue weighted by molar-refractivity contribution is 0.532. The number of halogens is 1. The van der Waals surface area contributed by atoms with Gasteiger partial charge in [-0.3, -0.25) is 0 Å². The third kappa shape index (κ3) is 4.66. The van der Waals surface area contributed by atoms with E-state index in [2.05, 4.69) is 19.5 Å². The van der Waals surface area contributed by atoms with Crippen molar-refractivity contribution >= 4 is 21.6 Å². The summed E-state index contributed by atoms with van der Waals surface area (Å²) in [7, 11) is -3.30. The van der Waals surface area contributed by atoms with E-state index < -0.39 is 10.0 Å². The van der Waals surface area contributed by atoms with Gasteiger partial charge in [0.25, 0.3) is 0 Å². The van der Waals surface area contributed by atoms with E-state index in [0.717, 1.165) is 31.6 Å². The van der Waals surface area contributed by atoms with Crippen LogP contribution in [0.4, 0.5) is 0 Å². The minimum Gasteiger partial charge on any atom is -0.314 e. The van der Waals surface area contributed by atoms with Gasteiger partial charge in [-0.05, 0) is 32.6 Å². The lowest BCUT2D eigenvalue weighted by atomic mass is 10.2. The van der Waals surface area contributed by atoms with Gasteiger partial charge < -0.3 is 4.57 Å². The Morgan fingerprint density at radius 3 is 2.86 bits per heavy atom. The van der Waals surface area contributed by atoms with Crippen molar-refractivity contribution < 1.29 is 8.42 Å². The van der Waals surface area contributed by atoms with E-state index in [-0.39, 0.29) is 11.8 Å². The lowest BCUT2D eigenvalue weighted by Crippen LogP contribution is -2.31. The van der Waals surface area contributed by atoms with Crippen LogP contribution in [0.15, 0.2) is 0 Å². The summed E-state index contributed by atoms with van der Waals surface area (Å²) in [6.07, 6.45) is 5.59. The monoisotopic (exact) mass is 334 g/mol. The van der Waals surface area contributed by atoms with Crippen molar-refractivity contribution in [1.82, 2.24) is 19.5 Å². The quantitative estimate of drug-likeness (QED) is 0.611. The zero-order valence-electron chi connectivity index (χ0n) is 12.4. The van der Waals surface area contributed by atoms with Crippen molar-refractivity contribution in [2.24, 2.45) is 0 Å². The van der Waals surface area contributed by atoms with E-state index in [1.807, 2.05) is 6.92 Å². The molecule has 0 saturated heterocycles. The Hall–Kier alpha value is -0.660. The molecule has 0 amide bonds. The van der Waals surface area contributed by atoms with E-state index in [0.29, 0.717) is 24.5 Å². The SMILES string of the molecule is CC(NS(=O)(=O)CCCCCl)c1nnc2n1CCCCC2. The third-order valence-electron chi connectivity index (χ3n) is 3.68. The number of aromatic nitrogens is 3. The molecule has 1 aliphatic rings. The maximum absolute atomic E-state index is 12.0. The Morgan fingerprint density at radius 1 is 1.29 bits per heavy atom. The number of unbranched alkanes of at least 4 members (excludes halogenated alkanes) is 1. The van der Waals surface area contributed by atoms with Crippen LogP contribution in [-0.4, -0.2) is 34.8 Å². The fraction of sp³-hybridized carbons (Fsp3) is 0.846. The number of nitrogens with zero attached hydrogens (tertiary/aromatic N) is 3. The molecule has 1 aromatic heterocycles. The zero-order valence-corrected chi connectivity index (χ0v) is 14.0. The molecule has 1 unspecified atom stereocenters. The fourth-order valence-electron chi connectivity index (χ4n) is 2.60. The van der Waals surface area contributed by atoms with Crippen LogP contribution in [0.1, 0.15) is 56.7 Å². The van der Waals surface area contributed by atoms with Gasteiger partial charge in [0.1, 0.15) is 5.82 Å². The molecule has 2 rings (SSSR count). The van der Waals surface area contributed by atoms with Crippen molar-refractivity contribution in [3.8, 4) is 0 Å². The molecule has 0 fully saturated rings. The number of hydrogen-bond acceptors (Lipinski definition) is 4. The largest absolute Gasteiger partial charge is 0.314 e. The van der Waals surface area contributed by atoms with Crippen molar-refractivity contribution in [3.05, 3.63) is 11.6 Å². The second kappa shape index (κ2) is 7.56.